The van der Waals surface area contributed by atoms with Crippen LogP contribution in [0.15, 0.2) is 18.2 Å². The van der Waals surface area contributed by atoms with Gasteiger partial charge in [-0.15, -0.1) is 0 Å². The Morgan fingerprint density at radius 3 is 2.41 bits per heavy atom. The molecule has 0 atom stereocenters. The number of benzene rings is 1. The Kier molecular flexibility index (Phi) is 4.26. The Bertz CT molecular complexity index is 438. The highest BCUT2D eigenvalue weighted by atomic mass is 16.5. The van der Waals surface area contributed by atoms with Crippen molar-refractivity contribution in [2.24, 2.45) is 0 Å². The number of ketones is 1. The van der Waals surface area contributed by atoms with Crippen LogP contribution in [-0.4, -0.2) is 18.8 Å². The lowest BCUT2D eigenvalue weighted by atomic mass is 10.0. The normalized spacial score (nSPS) is 10.2. The number of carbonyl (C=O) groups excluding carboxylic acids is 2. The molecule has 92 valence electrons. The van der Waals surface area contributed by atoms with Crippen molar-refractivity contribution in [3.05, 3.63) is 23.8 Å². The second-order valence-electron chi connectivity index (χ2n) is 4.12. The summed E-state index contributed by atoms with van der Waals surface area (Å²) in [4.78, 5) is 22.1. The minimum atomic E-state index is -0.607. The molecule has 0 aliphatic heterocycles. The zero-order chi connectivity index (χ0) is 13.0. The Morgan fingerprint density at radius 2 is 1.94 bits per heavy atom. The Morgan fingerprint density at radius 1 is 1.29 bits per heavy atom. The number of hydrogen-bond acceptors (Lipinski definition) is 3. The zero-order valence-electron chi connectivity index (χ0n) is 10.5. The van der Waals surface area contributed by atoms with E-state index >= 15 is 0 Å². The third-order valence-electron chi connectivity index (χ3n) is 2.43. The standard InChI is InChI=1S/C13H17NO3/c1-8(2)11-7-10(5-6-12(11)17-4)14-13(16)9(3)15/h5-8H,1-4H3,(H,14,16). The lowest BCUT2D eigenvalue weighted by molar-refractivity contribution is -0.133. The average molecular weight is 235 g/mol. The van der Waals surface area contributed by atoms with Crippen LogP contribution in [-0.2, 0) is 9.59 Å². The number of amides is 1. The van der Waals surface area contributed by atoms with Crippen LogP contribution in [0.4, 0.5) is 5.69 Å². The first-order valence-corrected chi connectivity index (χ1v) is 5.45. The zero-order valence-corrected chi connectivity index (χ0v) is 10.5. The van der Waals surface area contributed by atoms with Gasteiger partial charge in [-0.1, -0.05) is 13.8 Å². The van der Waals surface area contributed by atoms with E-state index in [4.69, 9.17) is 4.74 Å². The van der Waals surface area contributed by atoms with Crippen LogP contribution in [0.25, 0.3) is 0 Å². The molecule has 1 amide bonds. The highest BCUT2D eigenvalue weighted by molar-refractivity contribution is 6.39. The number of hydrogen-bond donors (Lipinski definition) is 1. The quantitative estimate of drug-likeness (QED) is 0.815. The Balaban J connectivity index is 3.00. The maximum Gasteiger partial charge on any atom is 0.291 e. The van der Waals surface area contributed by atoms with Crippen molar-refractivity contribution in [2.45, 2.75) is 26.7 Å². The highest BCUT2D eigenvalue weighted by Crippen LogP contribution is 2.29. The van der Waals surface area contributed by atoms with E-state index in [1.807, 2.05) is 19.9 Å². The topological polar surface area (TPSA) is 55.4 Å². The summed E-state index contributed by atoms with van der Waals surface area (Å²) in [6.07, 6.45) is 0. The van der Waals surface area contributed by atoms with Gasteiger partial charge in [0.2, 0.25) is 5.78 Å². The number of ether oxygens (including phenoxy) is 1. The molecule has 0 spiro atoms. The molecule has 0 unspecified atom stereocenters. The van der Waals surface area contributed by atoms with Crippen LogP contribution in [0, 0.1) is 0 Å². The molecule has 0 saturated carbocycles. The molecule has 0 radical (unpaired) electrons. The summed E-state index contributed by atoms with van der Waals surface area (Å²) in [5.41, 5.74) is 1.60. The molecule has 4 nitrogen and oxygen atoms in total. The molecule has 1 aromatic rings. The van der Waals surface area contributed by atoms with Gasteiger partial charge in [0.1, 0.15) is 5.75 Å². The molecular formula is C13H17NO3. The summed E-state index contributed by atoms with van der Waals surface area (Å²) in [5.74, 6) is -0.0586. The first-order valence-electron chi connectivity index (χ1n) is 5.45. The van der Waals surface area contributed by atoms with Crippen LogP contribution in [0.5, 0.6) is 5.75 Å². The molecule has 1 aromatic carbocycles. The van der Waals surface area contributed by atoms with Gasteiger partial charge in [-0.25, -0.2) is 0 Å². The van der Waals surface area contributed by atoms with Gasteiger partial charge in [-0.05, 0) is 29.7 Å². The fourth-order valence-corrected chi connectivity index (χ4v) is 1.48. The Labute approximate surface area is 101 Å². The molecule has 0 aromatic heterocycles. The minimum absolute atomic E-state index is 0.277. The number of rotatable bonds is 4. The maximum atomic E-state index is 11.3. The third kappa shape index (κ3) is 3.31. The number of Topliss-reactive ketones (excluding diaryl/α,β-unsaturated/α-hetero) is 1. The van der Waals surface area contributed by atoms with Crippen molar-refractivity contribution in [3.8, 4) is 5.75 Å². The summed E-state index contributed by atoms with van der Waals surface area (Å²) in [5, 5.41) is 2.54. The van der Waals surface area contributed by atoms with E-state index in [-0.39, 0.29) is 5.92 Å². The summed E-state index contributed by atoms with van der Waals surface area (Å²) < 4.78 is 5.23. The lowest BCUT2D eigenvalue weighted by Crippen LogP contribution is -2.19. The molecule has 0 fully saturated rings. The summed E-state index contributed by atoms with van der Waals surface area (Å²) >= 11 is 0. The largest absolute Gasteiger partial charge is 0.496 e. The second kappa shape index (κ2) is 5.48. The SMILES string of the molecule is COc1ccc(NC(=O)C(C)=O)cc1C(C)C. The fourth-order valence-electron chi connectivity index (χ4n) is 1.48. The van der Waals surface area contributed by atoms with Crippen molar-refractivity contribution < 1.29 is 14.3 Å². The predicted octanol–water partition coefficient (Wildman–Crippen LogP) is 2.35. The van der Waals surface area contributed by atoms with Crippen LogP contribution in [0.3, 0.4) is 0 Å². The molecule has 4 heteroatoms. The summed E-state index contributed by atoms with van der Waals surface area (Å²) in [6.45, 7) is 5.31. The molecule has 0 heterocycles. The Hall–Kier alpha value is -1.84. The maximum absolute atomic E-state index is 11.3. The molecule has 17 heavy (non-hydrogen) atoms. The first-order chi connectivity index (χ1) is 7.95. The van der Waals surface area contributed by atoms with Gasteiger partial charge in [0.05, 0.1) is 7.11 Å². The third-order valence-corrected chi connectivity index (χ3v) is 2.43. The average Bonchev–Trinajstić information content (AvgIpc) is 2.28. The first kappa shape index (κ1) is 13.2. The number of methoxy groups -OCH3 is 1. The van der Waals surface area contributed by atoms with Gasteiger partial charge in [-0.3, -0.25) is 9.59 Å². The fraction of sp³-hybridized carbons (Fsp3) is 0.385. The van der Waals surface area contributed by atoms with Crippen LogP contribution in [0.1, 0.15) is 32.3 Å². The smallest absolute Gasteiger partial charge is 0.291 e. The van der Waals surface area contributed by atoms with E-state index in [2.05, 4.69) is 5.32 Å². The number of anilines is 1. The summed E-state index contributed by atoms with van der Waals surface area (Å²) in [6, 6.07) is 5.32. The predicted molar refractivity (Wildman–Crippen MR) is 66.4 cm³/mol. The summed E-state index contributed by atoms with van der Waals surface area (Å²) in [7, 11) is 1.61. The van der Waals surface area contributed by atoms with Crippen LogP contribution in [0.2, 0.25) is 0 Å². The van der Waals surface area contributed by atoms with Crippen LogP contribution < -0.4 is 10.1 Å². The molecular weight excluding hydrogens is 218 g/mol. The second-order valence-corrected chi connectivity index (χ2v) is 4.12. The van der Waals surface area contributed by atoms with E-state index in [0.717, 1.165) is 11.3 Å². The van der Waals surface area contributed by atoms with E-state index in [0.29, 0.717) is 5.69 Å². The van der Waals surface area contributed by atoms with E-state index < -0.39 is 11.7 Å². The molecule has 0 saturated heterocycles. The molecule has 1 N–H and O–H groups in total. The van der Waals surface area contributed by atoms with Gasteiger partial charge < -0.3 is 10.1 Å². The van der Waals surface area contributed by atoms with Crippen molar-refractivity contribution in [1.82, 2.24) is 0 Å². The van der Waals surface area contributed by atoms with Gasteiger partial charge in [0.15, 0.2) is 0 Å². The lowest BCUT2D eigenvalue weighted by Gasteiger charge is -2.13. The van der Waals surface area contributed by atoms with Gasteiger partial charge in [-0.2, -0.15) is 0 Å². The van der Waals surface area contributed by atoms with Crippen molar-refractivity contribution in [1.29, 1.82) is 0 Å². The molecule has 0 bridgehead atoms. The van der Waals surface area contributed by atoms with E-state index in [9.17, 15) is 9.59 Å². The van der Waals surface area contributed by atoms with Crippen molar-refractivity contribution in [2.75, 3.05) is 12.4 Å². The van der Waals surface area contributed by atoms with E-state index in [1.165, 1.54) is 6.92 Å². The minimum Gasteiger partial charge on any atom is -0.496 e. The molecule has 1 rings (SSSR count). The monoisotopic (exact) mass is 235 g/mol. The highest BCUT2D eigenvalue weighted by Gasteiger charge is 2.11. The van der Waals surface area contributed by atoms with Crippen LogP contribution >= 0.6 is 0 Å². The van der Waals surface area contributed by atoms with Gasteiger partial charge in [0, 0.05) is 12.6 Å². The molecule has 0 aliphatic carbocycles. The van der Waals surface area contributed by atoms with E-state index in [1.54, 1.807) is 19.2 Å². The number of nitrogens with one attached hydrogen (secondary N) is 1. The van der Waals surface area contributed by atoms with Crippen molar-refractivity contribution >= 4 is 17.4 Å². The number of carbonyl (C=O) groups is 2. The van der Waals surface area contributed by atoms with Gasteiger partial charge >= 0.3 is 0 Å². The van der Waals surface area contributed by atoms with Crippen molar-refractivity contribution in [3.63, 3.8) is 0 Å². The molecule has 0 aliphatic rings. The van der Waals surface area contributed by atoms with Gasteiger partial charge in [0.25, 0.3) is 5.91 Å².